The number of hydrogen-bond donors (Lipinski definition) is 1. The zero-order valence-electron chi connectivity index (χ0n) is 13.7. The molecule has 26 heavy (non-hydrogen) atoms. The number of nitrogens with one attached hydrogen (secondary N) is 1. The fourth-order valence-corrected chi connectivity index (χ4v) is 2.40. The third-order valence-corrected chi connectivity index (χ3v) is 3.77. The van der Waals surface area contributed by atoms with Crippen LogP contribution in [0.15, 0.2) is 42.5 Å². The van der Waals surface area contributed by atoms with Crippen LogP contribution in [0.2, 0.25) is 5.02 Å². The molecule has 1 N–H and O–H groups in total. The fraction of sp³-hybridized carbons (Fsp3) is 0.222. The van der Waals surface area contributed by atoms with Crippen LogP contribution in [0.25, 0.3) is 0 Å². The Labute approximate surface area is 152 Å². The van der Waals surface area contributed by atoms with Crippen LogP contribution in [0.1, 0.15) is 28.8 Å². The number of rotatable bonds is 6. The number of carbonyl (C=O) groups is 2. The van der Waals surface area contributed by atoms with Crippen LogP contribution < -0.4 is 10.1 Å². The van der Waals surface area contributed by atoms with E-state index in [-0.39, 0.29) is 29.9 Å². The summed E-state index contributed by atoms with van der Waals surface area (Å²) in [4.78, 5) is 24.2. The number of hydrogen-bond acceptors (Lipinski definition) is 3. The van der Waals surface area contributed by atoms with Gasteiger partial charge in [0.1, 0.15) is 5.75 Å². The van der Waals surface area contributed by atoms with Crippen LogP contribution in [0.4, 0.5) is 18.9 Å². The second-order valence-corrected chi connectivity index (χ2v) is 5.83. The summed E-state index contributed by atoms with van der Waals surface area (Å²) in [7, 11) is 1.41. The number of alkyl halides is 3. The molecule has 0 aromatic heterocycles. The molecule has 2 aromatic rings. The lowest BCUT2D eigenvalue weighted by Crippen LogP contribution is -2.14. The van der Waals surface area contributed by atoms with E-state index in [0.29, 0.717) is 10.8 Å². The van der Waals surface area contributed by atoms with Gasteiger partial charge in [0.2, 0.25) is 5.91 Å². The molecular formula is C18H15ClF3NO3. The van der Waals surface area contributed by atoms with Crippen LogP contribution >= 0.6 is 11.6 Å². The standard InChI is InChI=1S/C18H15ClF3NO3/c1-26-16-8-4-12(19)10-14(16)15(24)7-9-17(25)23-13-5-2-11(3-6-13)18(20,21)22/h2-6,8,10H,7,9H2,1H3,(H,23,25). The third-order valence-electron chi connectivity index (χ3n) is 3.54. The highest BCUT2D eigenvalue weighted by molar-refractivity contribution is 6.31. The Kier molecular flexibility index (Phi) is 6.26. The van der Waals surface area contributed by atoms with Crippen LogP contribution in [0.3, 0.4) is 0 Å². The maximum absolute atomic E-state index is 12.5. The number of ether oxygens (including phenoxy) is 1. The zero-order valence-corrected chi connectivity index (χ0v) is 14.4. The predicted molar refractivity (Wildman–Crippen MR) is 91.6 cm³/mol. The van der Waals surface area contributed by atoms with E-state index in [1.165, 1.54) is 13.2 Å². The lowest BCUT2D eigenvalue weighted by Gasteiger charge is -2.10. The Morgan fingerprint density at radius 3 is 2.31 bits per heavy atom. The summed E-state index contributed by atoms with van der Waals surface area (Å²) < 4.78 is 42.6. The van der Waals surface area contributed by atoms with E-state index in [1.807, 2.05) is 0 Å². The summed E-state index contributed by atoms with van der Waals surface area (Å²) in [6.45, 7) is 0. The Hall–Kier alpha value is -2.54. The molecule has 138 valence electrons. The molecule has 0 saturated carbocycles. The Bertz CT molecular complexity index is 804. The molecule has 1 amide bonds. The molecule has 0 fully saturated rings. The van der Waals surface area contributed by atoms with Crippen molar-refractivity contribution < 1.29 is 27.5 Å². The minimum Gasteiger partial charge on any atom is -0.496 e. The van der Waals surface area contributed by atoms with Gasteiger partial charge in [-0.15, -0.1) is 0 Å². The highest BCUT2D eigenvalue weighted by Crippen LogP contribution is 2.30. The van der Waals surface area contributed by atoms with E-state index in [0.717, 1.165) is 24.3 Å². The van der Waals surface area contributed by atoms with Gasteiger partial charge in [0.25, 0.3) is 0 Å². The Morgan fingerprint density at radius 2 is 1.73 bits per heavy atom. The number of anilines is 1. The largest absolute Gasteiger partial charge is 0.496 e. The van der Waals surface area contributed by atoms with Gasteiger partial charge in [0.05, 0.1) is 18.2 Å². The number of Topliss-reactive ketones (excluding diaryl/α,β-unsaturated/α-hetero) is 1. The molecule has 0 aliphatic rings. The minimum atomic E-state index is -4.44. The molecule has 2 rings (SSSR count). The van der Waals surface area contributed by atoms with Gasteiger partial charge in [-0.3, -0.25) is 9.59 Å². The summed E-state index contributed by atoms with van der Waals surface area (Å²) in [5.74, 6) is -0.464. The number of ketones is 1. The number of benzene rings is 2. The maximum Gasteiger partial charge on any atom is 0.416 e. The lowest BCUT2D eigenvalue weighted by molar-refractivity contribution is -0.137. The SMILES string of the molecule is COc1ccc(Cl)cc1C(=O)CCC(=O)Nc1ccc(C(F)(F)F)cc1. The van der Waals surface area contributed by atoms with Gasteiger partial charge in [0, 0.05) is 23.6 Å². The third kappa shape index (κ3) is 5.23. The Balaban J connectivity index is 1.94. The molecule has 0 bridgehead atoms. The normalized spacial score (nSPS) is 11.1. The van der Waals surface area contributed by atoms with Crippen molar-refractivity contribution in [2.45, 2.75) is 19.0 Å². The summed E-state index contributed by atoms with van der Waals surface area (Å²) in [5.41, 5.74) is -0.322. The number of amides is 1. The van der Waals surface area contributed by atoms with Crippen molar-refractivity contribution in [1.29, 1.82) is 0 Å². The molecule has 0 heterocycles. The highest BCUT2D eigenvalue weighted by Gasteiger charge is 2.30. The molecule has 0 unspecified atom stereocenters. The monoisotopic (exact) mass is 385 g/mol. The van der Waals surface area contributed by atoms with Gasteiger partial charge in [0.15, 0.2) is 5.78 Å². The van der Waals surface area contributed by atoms with Crippen LogP contribution in [-0.2, 0) is 11.0 Å². The molecule has 0 radical (unpaired) electrons. The van der Waals surface area contributed by atoms with Gasteiger partial charge in [-0.05, 0) is 42.5 Å². The first-order chi connectivity index (χ1) is 12.2. The molecule has 0 saturated heterocycles. The summed E-state index contributed by atoms with van der Waals surface area (Å²) in [6.07, 6.45) is -4.66. The molecule has 0 aliphatic heterocycles. The predicted octanol–water partition coefficient (Wildman–Crippen LogP) is 4.97. The van der Waals surface area contributed by atoms with Crippen molar-refractivity contribution in [1.82, 2.24) is 0 Å². The molecular weight excluding hydrogens is 371 g/mol. The van der Waals surface area contributed by atoms with Crippen molar-refractivity contribution in [2.75, 3.05) is 12.4 Å². The van der Waals surface area contributed by atoms with E-state index in [9.17, 15) is 22.8 Å². The molecule has 0 aliphatic carbocycles. The van der Waals surface area contributed by atoms with E-state index in [4.69, 9.17) is 16.3 Å². The first-order valence-corrected chi connectivity index (χ1v) is 7.92. The highest BCUT2D eigenvalue weighted by atomic mass is 35.5. The zero-order chi connectivity index (χ0) is 19.3. The molecule has 8 heteroatoms. The van der Waals surface area contributed by atoms with Crippen molar-refractivity contribution in [3.05, 3.63) is 58.6 Å². The quantitative estimate of drug-likeness (QED) is 0.714. The van der Waals surface area contributed by atoms with Gasteiger partial charge in [-0.25, -0.2) is 0 Å². The molecule has 0 atom stereocenters. The van der Waals surface area contributed by atoms with Crippen LogP contribution in [0.5, 0.6) is 5.75 Å². The number of methoxy groups -OCH3 is 1. The minimum absolute atomic E-state index is 0.0941. The van der Waals surface area contributed by atoms with Crippen LogP contribution in [-0.4, -0.2) is 18.8 Å². The van der Waals surface area contributed by atoms with Crippen LogP contribution in [0, 0.1) is 0 Å². The Morgan fingerprint density at radius 1 is 1.08 bits per heavy atom. The second kappa shape index (κ2) is 8.23. The van der Waals surface area contributed by atoms with Gasteiger partial charge in [-0.2, -0.15) is 13.2 Å². The van der Waals surface area contributed by atoms with Crippen molar-refractivity contribution >= 4 is 29.0 Å². The number of carbonyl (C=O) groups excluding carboxylic acids is 2. The van der Waals surface area contributed by atoms with Crippen molar-refractivity contribution in [3.63, 3.8) is 0 Å². The summed E-state index contributed by atoms with van der Waals surface area (Å²) in [5, 5.41) is 2.82. The smallest absolute Gasteiger partial charge is 0.416 e. The average Bonchev–Trinajstić information content (AvgIpc) is 2.59. The second-order valence-electron chi connectivity index (χ2n) is 5.39. The van der Waals surface area contributed by atoms with Gasteiger partial charge < -0.3 is 10.1 Å². The van der Waals surface area contributed by atoms with E-state index >= 15 is 0 Å². The average molecular weight is 386 g/mol. The topological polar surface area (TPSA) is 55.4 Å². The first kappa shape index (κ1) is 19.8. The molecule has 4 nitrogen and oxygen atoms in total. The first-order valence-electron chi connectivity index (χ1n) is 7.54. The molecule has 0 spiro atoms. The molecule has 2 aromatic carbocycles. The summed E-state index contributed by atoms with van der Waals surface area (Å²) >= 11 is 5.87. The summed E-state index contributed by atoms with van der Waals surface area (Å²) in [6, 6.07) is 8.64. The van der Waals surface area contributed by atoms with Gasteiger partial charge in [-0.1, -0.05) is 11.6 Å². The van der Waals surface area contributed by atoms with Gasteiger partial charge >= 0.3 is 6.18 Å². The van der Waals surface area contributed by atoms with Crippen molar-refractivity contribution in [3.8, 4) is 5.75 Å². The maximum atomic E-state index is 12.5. The van der Waals surface area contributed by atoms with E-state index < -0.39 is 17.6 Å². The van der Waals surface area contributed by atoms with E-state index in [2.05, 4.69) is 5.32 Å². The number of halogens is 4. The lowest BCUT2D eigenvalue weighted by atomic mass is 10.1. The van der Waals surface area contributed by atoms with Crippen molar-refractivity contribution in [2.24, 2.45) is 0 Å². The van der Waals surface area contributed by atoms with E-state index in [1.54, 1.807) is 12.1 Å². The fourth-order valence-electron chi connectivity index (χ4n) is 2.23.